The van der Waals surface area contributed by atoms with E-state index in [1.165, 1.54) is 6.42 Å². The molecule has 2 heteroatoms. The Hall–Kier alpha value is -0.110. The molecule has 0 radical (unpaired) electrons. The highest BCUT2D eigenvalue weighted by Crippen LogP contribution is 2.34. The van der Waals surface area contributed by atoms with Gasteiger partial charge in [0.25, 0.3) is 0 Å². The van der Waals surface area contributed by atoms with E-state index in [9.17, 15) is 4.39 Å². The van der Waals surface area contributed by atoms with E-state index in [0.717, 1.165) is 25.9 Å². The Morgan fingerprint density at radius 3 is 2.90 bits per heavy atom. The molecule has 0 spiro atoms. The molecule has 0 aromatic carbocycles. The smallest absolute Gasteiger partial charge is 0.104 e. The average Bonchev–Trinajstić information content (AvgIpc) is 2.36. The third-order valence-corrected chi connectivity index (χ3v) is 2.91. The lowest BCUT2D eigenvalue weighted by Crippen LogP contribution is -2.28. The molecule has 0 aromatic heterocycles. The van der Waals surface area contributed by atoms with Crippen LogP contribution in [-0.2, 0) is 0 Å². The maximum absolute atomic E-state index is 13.1. The first kappa shape index (κ1) is 6.59. The van der Waals surface area contributed by atoms with Crippen LogP contribution in [0.25, 0.3) is 0 Å². The van der Waals surface area contributed by atoms with Gasteiger partial charge in [-0.05, 0) is 25.3 Å². The van der Waals surface area contributed by atoms with Gasteiger partial charge >= 0.3 is 0 Å². The van der Waals surface area contributed by atoms with Crippen molar-refractivity contribution < 1.29 is 4.39 Å². The second-order valence-electron chi connectivity index (χ2n) is 3.53. The van der Waals surface area contributed by atoms with Gasteiger partial charge in [-0.2, -0.15) is 0 Å². The van der Waals surface area contributed by atoms with E-state index in [1.807, 2.05) is 0 Å². The van der Waals surface area contributed by atoms with Crippen LogP contribution in [0.15, 0.2) is 0 Å². The monoisotopic (exact) mass is 143 g/mol. The molecule has 0 aromatic rings. The van der Waals surface area contributed by atoms with E-state index in [1.54, 1.807) is 0 Å². The van der Waals surface area contributed by atoms with Crippen LogP contribution in [0.5, 0.6) is 0 Å². The Labute approximate surface area is 61.0 Å². The van der Waals surface area contributed by atoms with E-state index in [0.29, 0.717) is 11.8 Å². The van der Waals surface area contributed by atoms with Gasteiger partial charge in [0.2, 0.25) is 0 Å². The maximum Gasteiger partial charge on any atom is 0.104 e. The van der Waals surface area contributed by atoms with Crippen LogP contribution in [0.2, 0.25) is 0 Å². The summed E-state index contributed by atoms with van der Waals surface area (Å²) in [5.74, 6) is 1.01. The predicted octanol–water partition coefficient (Wildman–Crippen LogP) is 1.34. The zero-order valence-electron chi connectivity index (χ0n) is 6.15. The Morgan fingerprint density at radius 1 is 1.20 bits per heavy atom. The molecule has 0 amide bonds. The van der Waals surface area contributed by atoms with Crippen LogP contribution in [0.4, 0.5) is 4.39 Å². The minimum absolute atomic E-state index is 0.355. The van der Waals surface area contributed by atoms with E-state index >= 15 is 0 Å². The molecule has 2 fully saturated rings. The van der Waals surface area contributed by atoms with Gasteiger partial charge in [0.15, 0.2) is 0 Å². The molecule has 1 N–H and O–H groups in total. The molecule has 0 bridgehead atoms. The number of fused-ring (bicyclic) bond motifs is 1. The van der Waals surface area contributed by atoms with Crippen LogP contribution in [-0.4, -0.2) is 19.3 Å². The molecule has 10 heavy (non-hydrogen) atoms. The maximum atomic E-state index is 13.1. The first-order valence-electron chi connectivity index (χ1n) is 4.22. The van der Waals surface area contributed by atoms with Gasteiger partial charge in [-0.1, -0.05) is 6.42 Å². The number of hydrogen-bond donors (Lipinski definition) is 1. The van der Waals surface area contributed by atoms with Crippen LogP contribution >= 0.6 is 0 Å². The van der Waals surface area contributed by atoms with Gasteiger partial charge in [0, 0.05) is 12.5 Å². The van der Waals surface area contributed by atoms with Gasteiger partial charge in [-0.25, -0.2) is 4.39 Å². The number of rotatable bonds is 0. The highest BCUT2D eigenvalue weighted by Gasteiger charge is 2.36. The van der Waals surface area contributed by atoms with Crippen molar-refractivity contribution in [2.24, 2.45) is 11.8 Å². The molecule has 1 aliphatic heterocycles. The molecule has 1 saturated carbocycles. The van der Waals surface area contributed by atoms with Crippen LogP contribution in [0.1, 0.15) is 19.3 Å². The van der Waals surface area contributed by atoms with Crippen LogP contribution in [0, 0.1) is 11.8 Å². The second kappa shape index (κ2) is 2.50. The first-order chi connectivity index (χ1) is 4.88. The summed E-state index contributed by atoms with van der Waals surface area (Å²) >= 11 is 0. The van der Waals surface area contributed by atoms with E-state index in [4.69, 9.17) is 0 Å². The predicted molar refractivity (Wildman–Crippen MR) is 38.6 cm³/mol. The molecule has 3 atom stereocenters. The molecular weight excluding hydrogens is 129 g/mol. The van der Waals surface area contributed by atoms with Crippen molar-refractivity contribution in [2.75, 3.05) is 13.1 Å². The van der Waals surface area contributed by atoms with Crippen molar-refractivity contribution >= 4 is 0 Å². The first-order valence-corrected chi connectivity index (χ1v) is 4.22. The zero-order chi connectivity index (χ0) is 6.97. The van der Waals surface area contributed by atoms with Crippen molar-refractivity contribution in [3.8, 4) is 0 Å². The Kier molecular flexibility index (Phi) is 1.65. The molecule has 1 heterocycles. The third kappa shape index (κ3) is 0.947. The summed E-state index contributed by atoms with van der Waals surface area (Å²) in [4.78, 5) is 0. The Balaban J connectivity index is 2.03. The van der Waals surface area contributed by atoms with Gasteiger partial charge < -0.3 is 5.32 Å². The number of hydrogen-bond acceptors (Lipinski definition) is 1. The Morgan fingerprint density at radius 2 is 2.10 bits per heavy atom. The molecular formula is C8H14FN. The summed E-state index contributed by atoms with van der Waals surface area (Å²) in [5.41, 5.74) is 0. The van der Waals surface area contributed by atoms with Gasteiger partial charge in [0.1, 0.15) is 6.17 Å². The largest absolute Gasteiger partial charge is 0.316 e. The standard InChI is InChI=1S/C8H14FN/c9-8-3-1-2-6-4-10-5-7(6)8/h6-8,10H,1-5H2/t6-,7+,8?/m1/s1. The summed E-state index contributed by atoms with van der Waals surface area (Å²) in [6, 6.07) is 0. The van der Waals surface area contributed by atoms with E-state index in [-0.39, 0.29) is 0 Å². The highest BCUT2D eigenvalue weighted by atomic mass is 19.1. The second-order valence-corrected chi connectivity index (χ2v) is 3.53. The molecule has 2 aliphatic rings. The fourth-order valence-corrected chi connectivity index (χ4v) is 2.28. The topological polar surface area (TPSA) is 12.0 Å². The van der Waals surface area contributed by atoms with Crippen LogP contribution < -0.4 is 5.32 Å². The fourth-order valence-electron chi connectivity index (χ4n) is 2.28. The number of alkyl halides is 1. The van der Waals surface area contributed by atoms with Gasteiger partial charge in [-0.15, -0.1) is 0 Å². The minimum atomic E-state index is -0.506. The quantitative estimate of drug-likeness (QED) is 0.539. The highest BCUT2D eigenvalue weighted by molar-refractivity contribution is 4.89. The number of halogens is 1. The zero-order valence-corrected chi connectivity index (χ0v) is 6.15. The van der Waals surface area contributed by atoms with Crippen molar-refractivity contribution in [3.05, 3.63) is 0 Å². The molecule has 2 rings (SSSR count). The lowest BCUT2D eigenvalue weighted by atomic mass is 9.80. The fraction of sp³-hybridized carbons (Fsp3) is 1.00. The molecule has 58 valence electrons. The van der Waals surface area contributed by atoms with Crippen molar-refractivity contribution in [2.45, 2.75) is 25.4 Å². The Bertz CT molecular complexity index is 126. The lowest BCUT2D eigenvalue weighted by Gasteiger charge is -2.27. The van der Waals surface area contributed by atoms with Gasteiger partial charge in [-0.3, -0.25) is 0 Å². The third-order valence-electron chi connectivity index (χ3n) is 2.91. The molecule has 1 aliphatic carbocycles. The van der Waals surface area contributed by atoms with E-state index in [2.05, 4.69) is 5.32 Å². The summed E-state index contributed by atoms with van der Waals surface area (Å²) < 4.78 is 13.1. The van der Waals surface area contributed by atoms with Crippen molar-refractivity contribution in [3.63, 3.8) is 0 Å². The number of nitrogens with one attached hydrogen (secondary N) is 1. The lowest BCUT2D eigenvalue weighted by molar-refractivity contribution is 0.142. The normalized spacial score (nSPS) is 47.1. The summed E-state index contributed by atoms with van der Waals surface area (Å²) in [5, 5.41) is 3.25. The SMILES string of the molecule is FC1CCC[C@@H]2CNC[C@H]12. The molecule has 1 nitrogen and oxygen atoms in total. The molecule has 1 unspecified atom stereocenters. The summed E-state index contributed by atoms with van der Waals surface area (Å²) in [7, 11) is 0. The van der Waals surface area contributed by atoms with E-state index < -0.39 is 6.17 Å². The van der Waals surface area contributed by atoms with Crippen molar-refractivity contribution in [1.82, 2.24) is 5.32 Å². The van der Waals surface area contributed by atoms with Crippen molar-refractivity contribution in [1.29, 1.82) is 0 Å². The average molecular weight is 143 g/mol. The summed E-state index contributed by atoms with van der Waals surface area (Å²) in [6.07, 6.45) is 2.65. The molecule has 1 saturated heterocycles. The summed E-state index contributed by atoms with van der Waals surface area (Å²) in [6.45, 7) is 1.98. The van der Waals surface area contributed by atoms with Gasteiger partial charge in [0.05, 0.1) is 0 Å². The van der Waals surface area contributed by atoms with Crippen LogP contribution in [0.3, 0.4) is 0 Å². The minimum Gasteiger partial charge on any atom is -0.316 e.